The molecule has 14 heavy (non-hydrogen) atoms. The van der Waals surface area contributed by atoms with E-state index in [1.165, 1.54) is 11.1 Å². The quantitative estimate of drug-likeness (QED) is 0.609. The summed E-state index contributed by atoms with van der Waals surface area (Å²) in [6, 6.07) is 6.40. The number of hydrogen-bond acceptors (Lipinski definition) is 1. The summed E-state index contributed by atoms with van der Waals surface area (Å²) in [6.45, 7) is 10.9. The van der Waals surface area contributed by atoms with Gasteiger partial charge in [0, 0.05) is 11.0 Å². The summed E-state index contributed by atoms with van der Waals surface area (Å²) in [7, 11) is 0. The fraction of sp³-hybridized carbons (Fsp3) is 0.538. The van der Waals surface area contributed by atoms with Gasteiger partial charge in [0.15, 0.2) is 0 Å². The molecule has 1 aliphatic rings. The molecule has 0 aliphatic carbocycles. The highest BCUT2D eigenvalue weighted by molar-refractivity contribution is 5.50. The summed E-state index contributed by atoms with van der Waals surface area (Å²) in [5.41, 5.74) is 2.55. The lowest BCUT2D eigenvalue weighted by Gasteiger charge is -2.33. The van der Waals surface area contributed by atoms with E-state index in [2.05, 4.69) is 52.8 Å². The molecule has 1 nitrogen and oxygen atoms in total. The fourth-order valence-electron chi connectivity index (χ4n) is 1.99. The van der Waals surface area contributed by atoms with Crippen LogP contribution in [0.4, 0.5) is 0 Å². The average Bonchev–Trinajstić information content (AvgIpc) is 2.24. The lowest BCUT2D eigenvalue weighted by molar-refractivity contribution is 0.0707. The summed E-state index contributed by atoms with van der Waals surface area (Å²) >= 11 is 0. The summed E-state index contributed by atoms with van der Waals surface area (Å²) in [6.07, 6.45) is 0. The van der Waals surface area contributed by atoms with Gasteiger partial charge in [-0.2, -0.15) is 0 Å². The van der Waals surface area contributed by atoms with Crippen molar-refractivity contribution in [2.45, 2.75) is 45.6 Å². The van der Waals surface area contributed by atoms with Gasteiger partial charge in [-0.3, -0.25) is 0 Å². The number of hydrogen-bond donors (Lipinski definition) is 0. The van der Waals surface area contributed by atoms with Crippen molar-refractivity contribution in [3.8, 4) is 5.75 Å². The molecule has 1 aromatic carbocycles. The smallest absolute Gasteiger partial charge is 0.126 e. The maximum atomic E-state index is 6.04. The van der Waals surface area contributed by atoms with Crippen molar-refractivity contribution in [3.63, 3.8) is 0 Å². The van der Waals surface area contributed by atoms with Crippen molar-refractivity contribution in [2.24, 2.45) is 0 Å². The van der Waals surface area contributed by atoms with Gasteiger partial charge in [0.25, 0.3) is 0 Å². The molecule has 1 heterocycles. The summed E-state index contributed by atoms with van der Waals surface area (Å²) < 4.78 is 6.04. The summed E-state index contributed by atoms with van der Waals surface area (Å²) in [5, 5.41) is 0. The Bertz CT molecular complexity index is 375. The summed E-state index contributed by atoms with van der Waals surface area (Å²) in [4.78, 5) is 0. The van der Waals surface area contributed by atoms with Crippen molar-refractivity contribution in [1.29, 1.82) is 0 Å². The molecule has 0 saturated carbocycles. The molecule has 0 amide bonds. The van der Waals surface area contributed by atoms with Gasteiger partial charge in [0.2, 0.25) is 0 Å². The van der Waals surface area contributed by atoms with Gasteiger partial charge >= 0.3 is 0 Å². The SMILES string of the molecule is Cc1cccc2c1OC(C)(C)C2(C)C. The van der Waals surface area contributed by atoms with Gasteiger partial charge < -0.3 is 4.74 Å². The van der Waals surface area contributed by atoms with Gasteiger partial charge in [-0.1, -0.05) is 32.0 Å². The van der Waals surface area contributed by atoms with E-state index in [0.717, 1.165) is 5.75 Å². The van der Waals surface area contributed by atoms with Crippen LogP contribution in [0.5, 0.6) is 5.75 Å². The highest BCUT2D eigenvalue weighted by atomic mass is 16.5. The van der Waals surface area contributed by atoms with E-state index in [9.17, 15) is 0 Å². The number of fused-ring (bicyclic) bond motifs is 1. The average molecular weight is 190 g/mol. The highest BCUT2D eigenvalue weighted by Crippen LogP contribution is 2.49. The first-order valence-electron chi connectivity index (χ1n) is 5.15. The van der Waals surface area contributed by atoms with E-state index in [1.54, 1.807) is 0 Å². The van der Waals surface area contributed by atoms with Gasteiger partial charge in [-0.05, 0) is 26.3 Å². The second kappa shape index (κ2) is 2.53. The molecule has 0 atom stereocenters. The van der Waals surface area contributed by atoms with Gasteiger partial charge in [-0.25, -0.2) is 0 Å². The fourth-order valence-corrected chi connectivity index (χ4v) is 1.99. The standard InChI is InChI=1S/C13H18O/c1-9-7-6-8-10-11(9)14-13(4,5)12(10,2)3/h6-8H,1-5H3. The normalized spacial score (nSPS) is 21.5. The van der Waals surface area contributed by atoms with E-state index in [1.807, 2.05) is 0 Å². The topological polar surface area (TPSA) is 9.23 Å². The predicted molar refractivity (Wildman–Crippen MR) is 58.9 cm³/mol. The molecule has 0 bridgehead atoms. The van der Waals surface area contributed by atoms with Crippen molar-refractivity contribution >= 4 is 0 Å². The largest absolute Gasteiger partial charge is 0.486 e. The first-order chi connectivity index (χ1) is 6.36. The number of aryl methyl sites for hydroxylation is 1. The zero-order chi connectivity index (χ0) is 10.6. The van der Waals surface area contributed by atoms with Crippen LogP contribution in [0.15, 0.2) is 18.2 Å². The first kappa shape index (κ1) is 9.57. The monoisotopic (exact) mass is 190 g/mol. The zero-order valence-electron chi connectivity index (χ0n) is 9.64. The van der Waals surface area contributed by atoms with E-state index >= 15 is 0 Å². The third-order valence-corrected chi connectivity index (χ3v) is 3.75. The molecule has 0 aromatic heterocycles. The minimum absolute atomic E-state index is 0.0916. The minimum Gasteiger partial charge on any atom is -0.486 e. The van der Waals surface area contributed by atoms with Gasteiger partial charge in [-0.15, -0.1) is 0 Å². The molecule has 1 aliphatic heterocycles. The highest BCUT2D eigenvalue weighted by Gasteiger charge is 2.48. The van der Waals surface area contributed by atoms with Gasteiger partial charge in [0.05, 0.1) is 0 Å². The van der Waals surface area contributed by atoms with Crippen molar-refractivity contribution in [3.05, 3.63) is 29.3 Å². The molecule has 2 rings (SSSR count). The number of ether oxygens (including phenoxy) is 1. The number of para-hydroxylation sites is 1. The molecule has 1 aromatic rings. The zero-order valence-corrected chi connectivity index (χ0v) is 9.64. The first-order valence-corrected chi connectivity index (χ1v) is 5.15. The minimum atomic E-state index is -0.110. The Kier molecular flexibility index (Phi) is 1.73. The predicted octanol–water partition coefficient (Wildman–Crippen LogP) is 3.44. The molecule has 0 saturated heterocycles. The van der Waals surface area contributed by atoms with Crippen molar-refractivity contribution < 1.29 is 4.74 Å². The maximum Gasteiger partial charge on any atom is 0.126 e. The Hall–Kier alpha value is -0.980. The van der Waals surface area contributed by atoms with E-state index in [0.29, 0.717) is 0 Å². The van der Waals surface area contributed by atoms with E-state index in [-0.39, 0.29) is 11.0 Å². The lowest BCUT2D eigenvalue weighted by atomic mass is 9.74. The van der Waals surface area contributed by atoms with Gasteiger partial charge in [0.1, 0.15) is 11.4 Å². The Labute approximate surface area is 86.1 Å². The van der Waals surface area contributed by atoms with Crippen molar-refractivity contribution in [1.82, 2.24) is 0 Å². The molecule has 76 valence electrons. The number of rotatable bonds is 0. The molecular formula is C13H18O. The van der Waals surface area contributed by atoms with Crippen LogP contribution in [0.2, 0.25) is 0 Å². The van der Waals surface area contributed by atoms with Crippen LogP contribution < -0.4 is 4.74 Å². The van der Waals surface area contributed by atoms with Crippen LogP contribution in [0.3, 0.4) is 0 Å². The van der Waals surface area contributed by atoms with E-state index < -0.39 is 0 Å². The molecular weight excluding hydrogens is 172 g/mol. The molecule has 0 fully saturated rings. The lowest BCUT2D eigenvalue weighted by Crippen LogP contribution is -2.41. The van der Waals surface area contributed by atoms with Crippen molar-refractivity contribution in [2.75, 3.05) is 0 Å². The molecule has 0 N–H and O–H groups in total. The number of benzene rings is 1. The third kappa shape index (κ3) is 1.01. The Morgan fingerprint density at radius 2 is 1.71 bits per heavy atom. The second-order valence-electron chi connectivity index (χ2n) is 5.19. The van der Waals surface area contributed by atoms with Crippen LogP contribution in [0.1, 0.15) is 38.8 Å². The van der Waals surface area contributed by atoms with Crippen LogP contribution in [-0.2, 0) is 5.41 Å². The van der Waals surface area contributed by atoms with Crippen LogP contribution in [-0.4, -0.2) is 5.60 Å². The van der Waals surface area contributed by atoms with Crippen LogP contribution in [0, 0.1) is 6.92 Å². The molecule has 0 unspecified atom stereocenters. The van der Waals surface area contributed by atoms with Crippen LogP contribution >= 0.6 is 0 Å². The van der Waals surface area contributed by atoms with E-state index in [4.69, 9.17) is 4.74 Å². The third-order valence-electron chi connectivity index (χ3n) is 3.75. The molecule has 1 heteroatoms. The Morgan fingerprint density at radius 3 is 2.29 bits per heavy atom. The molecule has 0 radical (unpaired) electrons. The van der Waals surface area contributed by atoms with Crippen LogP contribution in [0.25, 0.3) is 0 Å². The second-order valence-corrected chi connectivity index (χ2v) is 5.19. The Balaban J connectivity index is 2.66. The molecule has 0 spiro atoms. The maximum absolute atomic E-state index is 6.04. The summed E-state index contributed by atoms with van der Waals surface area (Å²) in [5.74, 6) is 1.09. The Morgan fingerprint density at radius 1 is 1.07 bits per heavy atom.